The van der Waals surface area contributed by atoms with Gasteiger partial charge in [-0.25, -0.2) is 4.79 Å². The van der Waals surface area contributed by atoms with Crippen molar-refractivity contribution in [3.8, 4) is 0 Å². The summed E-state index contributed by atoms with van der Waals surface area (Å²) in [6.45, 7) is 3.38. The Morgan fingerprint density at radius 3 is 2.58 bits per heavy atom. The van der Waals surface area contributed by atoms with Gasteiger partial charge in [0.15, 0.2) is 6.10 Å². The summed E-state index contributed by atoms with van der Waals surface area (Å²) in [7, 11) is 1.81. The molecule has 0 saturated heterocycles. The molecule has 0 fully saturated rings. The standard InChI is InChI=1S/C12H17N3O4/c1-7-9(8(2)15(3)14-7)4-5-11(17)13-6-10(16)12(18)19/h4-5,10,16H,6H2,1-3H3,(H,13,17)(H,18,19). The molecule has 1 unspecified atom stereocenters. The molecule has 0 aromatic carbocycles. The number of aliphatic hydroxyl groups is 1. The highest BCUT2D eigenvalue weighted by Gasteiger charge is 2.13. The molecular weight excluding hydrogens is 250 g/mol. The number of rotatable bonds is 5. The second-order valence-corrected chi connectivity index (χ2v) is 4.14. The first-order chi connectivity index (χ1) is 8.82. The second kappa shape index (κ2) is 6.14. The number of aromatic nitrogens is 2. The van der Waals surface area contributed by atoms with Crippen molar-refractivity contribution >= 4 is 18.0 Å². The summed E-state index contributed by atoms with van der Waals surface area (Å²) in [6.07, 6.45) is 1.30. The Morgan fingerprint density at radius 1 is 1.47 bits per heavy atom. The van der Waals surface area contributed by atoms with Gasteiger partial charge in [0.1, 0.15) is 0 Å². The molecule has 1 aromatic rings. The van der Waals surface area contributed by atoms with E-state index in [1.165, 1.54) is 6.08 Å². The maximum Gasteiger partial charge on any atom is 0.334 e. The third-order valence-corrected chi connectivity index (χ3v) is 2.72. The molecule has 1 amide bonds. The van der Waals surface area contributed by atoms with E-state index >= 15 is 0 Å². The van der Waals surface area contributed by atoms with E-state index in [4.69, 9.17) is 10.2 Å². The van der Waals surface area contributed by atoms with Crippen LogP contribution >= 0.6 is 0 Å². The number of carbonyl (C=O) groups is 2. The zero-order valence-electron chi connectivity index (χ0n) is 11.0. The molecule has 19 heavy (non-hydrogen) atoms. The van der Waals surface area contributed by atoms with Crippen molar-refractivity contribution in [2.24, 2.45) is 7.05 Å². The van der Waals surface area contributed by atoms with Crippen molar-refractivity contribution in [2.45, 2.75) is 20.0 Å². The third-order valence-electron chi connectivity index (χ3n) is 2.72. The lowest BCUT2D eigenvalue weighted by Crippen LogP contribution is -2.35. The van der Waals surface area contributed by atoms with Gasteiger partial charge in [-0.3, -0.25) is 9.48 Å². The van der Waals surface area contributed by atoms with Crippen molar-refractivity contribution in [1.29, 1.82) is 0 Å². The predicted octanol–water partition coefficient (Wildman–Crippen LogP) is -0.388. The quantitative estimate of drug-likeness (QED) is 0.630. The number of aliphatic carboxylic acids is 1. The van der Waals surface area contributed by atoms with Gasteiger partial charge in [-0.15, -0.1) is 0 Å². The zero-order valence-corrected chi connectivity index (χ0v) is 11.0. The molecule has 0 bridgehead atoms. The molecule has 1 atom stereocenters. The number of amides is 1. The zero-order chi connectivity index (χ0) is 14.6. The summed E-state index contributed by atoms with van der Waals surface area (Å²) in [5.74, 6) is -1.84. The summed E-state index contributed by atoms with van der Waals surface area (Å²) < 4.78 is 1.71. The number of hydrogen-bond donors (Lipinski definition) is 3. The minimum Gasteiger partial charge on any atom is -0.479 e. The van der Waals surface area contributed by atoms with Crippen LogP contribution in [0.15, 0.2) is 6.08 Å². The van der Waals surface area contributed by atoms with E-state index in [1.54, 1.807) is 10.8 Å². The summed E-state index contributed by atoms with van der Waals surface area (Å²) in [6, 6.07) is 0. The fourth-order valence-corrected chi connectivity index (χ4v) is 1.53. The number of nitrogens with one attached hydrogen (secondary N) is 1. The van der Waals surface area contributed by atoms with E-state index in [2.05, 4.69) is 10.4 Å². The van der Waals surface area contributed by atoms with E-state index in [9.17, 15) is 9.59 Å². The SMILES string of the molecule is Cc1nn(C)c(C)c1C=CC(=O)NCC(O)C(=O)O. The van der Waals surface area contributed by atoms with Gasteiger partial charge in [-0.05, 0) is 19.9 Å². The van der Waals surface area contributed by atoms with E-state index in [1.807, 2.05) is 20.9 Å². The Hall–Kier alpha value is -2.15. The van der Waals surface area contributed by atoms with Crippen LogP contribution in [-0.2, 0) is 16.6 Å². The molecule has 1 rings (SSSR count). The topological polar surface area (TPSA) is 104 Å². The summed E-state index contributed by atoms with van der Waals surface area (Å²) in [5.41, 5.74) is 2.57. The predicted molar refractivity (Wildman–Crippen MR) is 68.4 cm³/mol. The molecule has 0 aliphatic carbocycles. The van der Waals surface area contributed by atoms with Crippen molar-refractivity contribution < 1.29 is 19.8 Å². The van der Waals surface area contributed by atoms with Crippen LogP contribution in [0.3, 0.4) is 0 Å². The van der Waals surface area contributed by atoms with Crippen LogP contribution in [0.4, 0.5) is 0 Å². The Balaban J connectivity index is 2.62. The molecule has 7 nitrogen and oxygen atoms in total. The van der Waals surface area contributed by atoms with E-state index in [0.29, 0.717) is 0 Å². The minimum atomic E-state index is -1.60. The molecule has 0 aliphatic heterocycles. The Morgan fingerprint density at radius 2 is 2.11 bits per heavy atom. The first kappa shape index (κ1) is 14.9. The minimum absolute atomic E-state index is 0.330. The Bertz CT molecular complexity index is 519. The molecule has 0 radical (unpaired) electrons. The van der Waals surface area contributed by atoms with Gasteiger partial charge >= 0.3 is 5.97 Å². The summed E-state index contributed by atoms with van der Waals surface area (Å²) >= 11 is 0. The highest BCUT2D eigenvalue weighted by atomic mass is 16.4. The molecule has 0 spiro atoms. The van der Waals surface area contributed by atoms with E-state index in [0.717, 1.165) is 17.0 Å². The van der Waals surface area contributed by atoms with E-state index < -0.39 is 18.0 Å². The van der Waals surface area contributed by atoms with E-state index in [-0.39, 0.29) is 6.54 Å². The maximum absolute atomic E-state index is 11.4. The molecule has 0 aliphatic rings. The van der Waals surface area contributed by atoms with Crippen molar-refractivity contribution in [1.82, 2.24) is 15.1 Å². The Kier molecular flexibility index (Phi) is 4.82. The molecule has 7 heteroatoms. The van der Waals surface area contributed by atoms with Gasteiger partial charge < -0.3 is 15.5 Å². The first-order valence-corrected chi connectivity index (χ1v) is 5.70. The highest BCUT2D eigenvalue weighted by molar-refractivity contribution is 5.92. The lowest BCUT2D eigenvalue weighted by molar-refractivity contribution is -0.146. The maximum atomic E-state index is 11.4. The van der Waals surface area contributed by atoms with Gasteiger partial charge in [0.2, 0.25) is 5.91 Å². The van der Waals surface area contributed by atoms with Crippen LogP contribution in [0.2, 0.25) is 0 Å². The number of carboxylic acids is 1. The smallest absolute Gasteiger partial charge is 0.334 e. The van der Waals surface area contributed by atoms with Crippen LogP contribution in [0.25, 0.3) is 6.08 Å². The number of nitrogens with zero attached hydrogens (tertiary/aromatic N) is 2. The molecule has 104 valence electrons. The van der Waals surface area contributed by atoms with Gasteiger partial charge in [0, 0.05) is 24.4 Å². The first-order valence-electron chi connectivity index (χ1n) is 5.70. The fourth-order valence-electron chi connectivity index (χ4n) is 1.53. The van der Waals surface area contributed by atoms with Crippen molar-refractivity contribution in [2.75, 3.05) is 6.54 Å². The lowest BCUT2D eigenvalue weighted by Gasteiger charge is -2.05. The van der Waals surface area contributed by atoms with Gasteiger partial charge in [-0.2, -0.15) is 5.10 Å². The third kappa shape index (κ3) is 3.92. The summed E-state index contributed by atoms with van der Waals surface area (Å²) in [5, 5.41) is 23.9. The highest BCUT2D eigenvalue weighted by Crippen LogP contribution is 2.13. The van der Waals surface area contributed by atoms with Crippen molar-refractivity contribution in [3.05, 3.63) is 23.0 Å². The average molecular weight is 267 g/mol. The van der Waals surface area contributed by atoms with Crippen LogP contribution in [0, 0.1) is 13.8 Å². The molecular formula is C12H17N3O4. The van der Waals surface area contributed by atoms with Crippen LogP contribution < -0.4 is 5.32 Å². The number of carboxylic acid groups (broad SMARTS) is 1. The molecule has 0 saturated carbocycles. The number of aliphatic hydroxyl groups excluding tert-OH is 1. The molecule has 1 aromatic heterocycles. The monoisotopic (exact) mass is 267 g/mol. The fraction of sp³-hybridized carbons (Fsp3) is 0.417. The van der Waals surface area contributed by atoms with Gasteiger partial charge in [0.25, 0.3) is 0 Å². The van der Waals surface area contributed by atoms with Crippen LogP contribution in [0.5, 0.6) is 0 Å². The number of carbonyl (C=O) groups excluding carboxylic acids is 1. The largest absolute Gasteiger partial charge is 0.479 e. The van der Waals surface area contributed by atoms with Crippen molar-refractivity contribution in [3.63, 3.8) is 0 Å². The normalized spacial score (nSPS) is 12.6. The summed E-state index contributed by atoms with van der Waals surface area (Å²) in [4.78, 5) is 21.8. The van der Waals surface area contributed by atoms with Gasteiger partial charge in [-0.1, -0.05) is 0 Å². The number of aryl methyl sites for hydroxylation is 2. The lowest BCUT2D eigenvalue weighted by atomic mass is 10.2. The number of hydrogen-bond acceptors (Lipinski definition) is 4. The van der Waals surface area contributed by atoms with Gasteiger partial charge in [0.05, 0.1) is 12.2 Å². The Labute approximate surface area is 110 Å². The second-order valence-electron chi connectivity index (χ2n) is 4.14. The van der Waals surface area contributed by atoms with Crippen LogP contribution in [0.1, 0.15) is 17.0 Å². The molecule has 3 N–H and O–H groups in total. The average Bonchev–Trinajstić information content (AvgIpc) is 2.58. The van der Waals surface area contributed by atoms with Crippen LogP contribution in [-0.4, -0.2) is 44.5 Å². The molecule has 1 heterocycles.